The Morgan fingerprint density at radius 2 is 1.84 bits per heavy atom. The molecule has 4 nitrogen and oxygen atoms in total. The van der Waals surface area contributed by atoms with E-state index in [0.29, 0.717) is 12.8 Å². The monoisotopic (exact) mass is 283 g/mol. The van der Waals surface area contributed by atoms with Gasteiger partial charge in [-0.15, -0.1) is 0 Å². The molecule has 0 rings (SSSR count). The van der Waals surface area contributed by atoms with Crippen LogP contribution >= 0.6 is 0 Å². The van der Waals surface area contributed by atoms with Crippen LogP contribution in [0.3, 0.4) is 0 Å². The summed E-state index contributed by atoms with van der Waals surface area (Å²) in [6.45, 7) is 2.20. The number of hydrogen-bond acceptors (Lipinski definition) is 2. The first kappa shape index (κ1) is 17.7. The lowest BCUT2D eigenvalue weighted by atomic mass is 9.96. The number of carbonyl (C=O) groups is 2. The zero-order chi connectivity index (χ0) is 14.9. The number of halogens is 3. The van der Waals surface area contributed by atoms with Gasteiger partial charge in [-0.3, -0.25) is 9.59 Å². The molecule has 0 aromatic heterocycles. The summed E-state index contributed by atoms with van der Waals surface area (Å²) in [5.41, 5.74) is 0. The Morgan fingerprint density at radius 1 is 1.21 bits per heavy atom. The van der Waals surface area contributed by atoms with Crippen LogP contribution in [0.15, 0.2) is 0 Å². The molecule has 0 aliphatic heterocycles. The van der Waals surface area contributed by atoms with Crippen molar-refractivity contribution in [2.45, 2.75) is 51.6 Å². The van der Waals surface area contributed by atoms with Gasteiger partial charge in [-0.2, -0.15) is 13.2 Å². The summed E-state index contributed by atoms with van der Waals surface area (Å²) < 4.78 is 35.6. The maximum atomic E-state index is 11.9. The minimum atomic E-state index is -4.31. The molecule has 0 heterocycles. The van der Waals surface area contributed by atoms with Crippen LogP contribution in [-0.2, 0) is 9.59 Å². The number of amides is 1. The van der Waals surface area contributed by atoms with Crippen LogP contribution in [0.5, 0.6) is 0 Å². The molecular formula is C12H20F3NO3. The minimum Gasteiger partial charge on any atom is -0.481 e. The molecule has 0 saturated carbocycles. The van der Waals surface area contributed by atoms with E-state index in [0.717, 1.165) is 6.42 Å². The molecule has 0 aromatic rings. The molecule has 112 valence electrons. The van der Waals surface area contributed by atoms with Gasteiger partial charge in [0.2, 0.25) is 5.91 Å². The molecule has 0 spiro atoms. The number of carbonyl (C=O) groups excluding carboxylic acids is 1. The molecule has 0 fully saturated rings. The lowest BCUT2D eigenvalue weighted by molar-refractivity contribution is -0.144. The summed E-state index contributed by atoms with van der Waals surface area (Å²) in [5, 5.41) is 11.0. The predicted octanol–water partition coefficient (Wildman–Crippen LogP) is 2.73. The molecule has 0 radical (unpaired) electrons. The smallest absolute Gasteiger partial charge is 0.389 e. The fourth-order valence-corrected chi connectivity index (χ4v) is 1.64. The van der Waals surface area contributed by atoms with Crippen LogP contribution in [0.25, 0.3) is 0 Å². The zero-order valence-electron chi connectivity index (χ0n) is 10.9. The Bertz CT molecular complexity index is 292. The average Bonchev–Trinajstić information content (AvgIpc) is 2.29. The molecule has 0 aliphatic rings. The van der Waals surface area contributed by atoms with Crippen molar-refractivity contribution in [1.29, 1.82) is 0 Å². The summed E-state index contributed by atoms with van der Waals surface area (Å²) in [6.07, 6.45) is -4.03. The Labute approximate surface area is 110 Å². The van der Waals surface area contributed by atoms with E-state index in [4.69, 9.17) is 5.11 Å². The highest BCUT2D eigenvalue weighted by atomic mass is 19.4. The van der Waals surface area contributed by atoms with Crippen molar-refractivity contribution in [3.05, 3.63) is 0 Å². The van der Waals surface area contributed by atoms with Crippen molar-refractivity contribution >= 4 is 11.9 Å². The SMILES string of the molecule is CCC(CCNC(=O)CCC(F)(F)F)CCC(=O)O. The highest BCUT2D eigenvalue weighted by Gasteiger charge is 2.27. The first-order valence-corrected chi connectivity index (χ1v) is 6.29. The Hall–Kier alpha value is -1.27. The van der Waals surface area contributed by atoms with Crippen LogP contribution in [0, 0.1) is 5.92 Å². The van der Waals surface area contributed by atoms with Crippen molar-refractivity contribution in [2.75, 3.05) is 6.54 Å². The zero-order valence-corrected chi connectivity index (χ0v) is 10.9. The van der Waals surface area contributed by atoms with Crippen molar-refractivity contribution in [1.82, 2.24) is 5.32 Å². The molecule has 19 heavy (non-hydrogen) atoms. The van der Waals surface area contributed by atoms with Gasteiger partial charge >= 0.3 is 12.1 Å². The van der Waals surface area contributed by atoms with Crippen molar-refractivity contribution in [2.24, 2.45) is 5.92 Å². The van der Waals surface area contributed by atoms with Gasteiger partial charge in [0.1, 0.15) is 0 Å². The van der Waals surface area contributed by atoms with Gasteiger partial charge in [0.05, 0.1) is 6.42 Å². The maximum absolute atomic E-state index is 11.9. The summed E-state index contributed by atoms with van der Waals surface area (Å²) in [5.74, 6) is -1.32. The molecule has 0 aromatic carbocycles. The third-order valence-electron chi connectivity index (χ3n) is 2.85. The standard InChI is InChI=1S/C12H20F3NO3/c1-2-9(3-4-11(18)19)6-8-16-10(17)5-7-12(13,14)15/h9H,2-8H2,1H3,(H,16,17)(H,18,19). The largest absolute Gasteiger partial charge is 0.481 e. The highest BCUT2D eigenvalue weighted by molar-refractivity contribution is 5.75. The molecule has 1 amide bonds. The van der Waals surface area contributed by atoms with Crippen molar-refractivity contribution in [3.63, 3.8) is 0 Å². The van der Waals surface area contributed by atoms with Gasteiger partial charge in [-0.1, -0.05) is 13.3 Å². The van der Waals surface area contributed by atoms with Gasteiger partial charge < -0.3 is 10.4 Å². The van der Waals surface area contributed by atoms with Crippen molar-refractivity contribution in [3.8, 4) is 0 Å². The number of carboxylic acid groups (broad SMARTS) is 1. The third-order valence-corrected chi connectivity index (χ3v) is 2.85. The number of hydrogen-bond donors (Lipinski definition) is 2. The second-order valence-electron chi connectivity index (χ2n) is 4.46. The second kappa shape index (κ2) is 8.77. The van der Waals surface area contributed by atoms with Crippen LogP contribution in [-0.4, -0.2) is 29.7 Å². The van der Waals surface area contributed by atoms with E-state index >= 15 is 0 Å². The van der Waals surface area contributed by atoms with E-state index in [1.165, 1.54) is 0 Å². The molecule has 0 bridgehead atoms. The maximum Gasteiger partial charge on any atom is 0.389 e. The number of rotatable bonds is 9. The Balaban J connectivity index is 3.75. The summed E-state index contributed by atoms with van der Waals surface area (Å²) in [7, 11) is 0. The fourth-order valence-electron chi connectivity index (χ4n) is 1.64. The lowest BCUT2D eigenvalue weighted by Crippen LogP contribution is -2.27. The summed E-state index contributed by atoms with van der Waals surface area (Å²) in [4.78, 5) is 21.5. The number of alkyl halides is 3. The van der Waals surface area contributed by atoms with E-state index in [9.17, 15) is 22.8 Å². The quantitative estimate of drug-likeness (QED) is 0.683. The second-order valence-corrected chi connectivity index (χ2v) is 4.46. The van der Waals surface area contributed by atoms with Gasteiger partial charge in [0, 0.05) is 19.4 Å². The van der Waals surface area contributed by atoms with Crippen LogP contribution in [0.4, 0.5) is 13.2 Å². The topological polar surface area (TPSA) is 66.4 Å². The normalized spacial score (nSPS) is 13.1. The van der Waals surface area contributed by atoms with Crippen molar-refractivity contribution < 1.29 is 27.9 Å². The fraction of sp³-hybridized carbons (Fsp3) is 0.833. The molecule has 2 N–H and O–H groups in total. The Kier molecular flexibility index (Phi) is 8.18. The molecule has 0 saturated heterocycles. The van der Waals surface area contributed by atoms with Gasteiger partial charge in [0.25, 0.3) is 0 Å². The first-order valence-electron chi connectivity index (χ1n) is 6.29. The van der Waals surface area contributed by atoms with Gasteiger partial charge in [-0.25, -0.2) is 0 Å². The summed E-state index contributed by atoms with van der Waals surface area (Å²) in [6, 6.07) is 0. The average molecular weight is 283 g/mol. The predicted molar refractivity (Wildman–Crippen MR) is 63.6 cm³/mol. The number of aliphatic carboxylic acids is 1. The Morgan fingerprint density at radius 3 is 2.32 bits per heavy atom. The summed E-state index contributed by atoms with van der Waals surface area (Å²) >= 11 is 0. The van der Waals surface area contributed by atoms with E-state index in [1.807, 2.05) is 6.92 Å². The van der Waals surface area contributed by atoms with Crippen LogP contribution < -0.4 is 5.32 Å². The van der Waals surface area contributed by atoms with E-state index in [-0.39, 0.29) is 18.9 Å². The van der Waals surface area contributed by atoms with E-state index < -0.39 is 30.9 Å². The van der Waals surface area contributed by atoms with Crippen LogP contribution in [0.2, 0.25) is 0 Å². The molecule has 7 heteroatoms. The number of nitrogens with one attached hydrogen (secondary N) is 1. The molecule has 1 atom stereocenters. The molecule has 0 aliphatic carbocycles. The first-order chi connectivity index (χ1) is 8.74. The van der Waals surface area contributed by atoms with E-state index in [1.54, 1.807) is 0 Å². The molecular weight excluding hydrogens is 263 g/mol. The van der Waals surface area contributed by atoms with Gasteiger partial charge in [0.15, 0.2) is 0 Å². The van der Waals surface area contributed by atoms with Crippen LogP contribution in [0.1, 0.15) is 45.4 Å². The minimum absolute atomic E-state index is 0.0700. The lowest BCUT2D eigenvalue weighted by Gasteiger charge is -2.14. The highest BCUT2D eigenvalue weighted by Crippen LogP contribution is 2.21. The van der Waals surface area contributed by atoms with Gasteiger partial charge in [-0.05, 0) is 18.8 Å². The van der Waals surface area contributed by atoms with E-state index in [2.05, 4.69) is 5.32 Å². The third kappa shape index (κ3) is 11.5. The number of carboxylic acids is 1. The molecule has 1 unspecified atom stereocenters.